The van der Waals surface area contributed by atoms with E-state index < -0.39 is 30.1 Å². The van der Waals surface area contributed by atoms with E-state index in [1.165, 1.54) is 16.8 Å². The second kappa shape index (κ2) is 10.6. The van der Waals surface area contributed by atoms with E-state index in [4.69, 9.17) is 4.74 Å². The summed E-state index contributed by atoms with van der Waals surface area (Å²) >= 11 is 0. The highest BCUT2D eigenvalue weighted by atomic mass is 16.5. The molecule has 0 saturated carbocycles. The summed E-state index contributed by atoms with van der Waals surface area (Å²) in [5, 5.41) is 2.55. The van der Waals surface area contributed by atoms with Crippen molar-refractivity contribution in [1.29, 1.82) is 0 Å². The molecule has 27 heavy (non-hydrogen) atoms. The van der Waals surface area contributed by atoms with Crippen LogP contribution in [0.4, 0.5) is 0 Å². The summed E-state index contributed by atoms with van der Waals surface area (Å²) < 4.78 is 4.75. The van der Waals surface area contributed by atoms with Crippen LogP contribution >= 0.6 is 0 Å². The minimum Gasteiger partial charge on any atom is -0.464 e. The largest absolute Gasteiger partial charge is 0.464 e. The Labute approximate surface area is 159 Å². The van der Waals surface area contributed by atoms with Gasteiger partial charge in [0.25, 0.3) is 6.47 Å². The molecule has 0 radical (unpaired) electrons. The molecule has 9 nitrogen and oxygen atoms in total. The third-order valence-electron chi connectivity index (χ3n) is 4.69. The second-order valence-corrected chi connectivity index (χ2v) is 6.80. The summed E-state index contributed by atoms with van der Waals surface area (Å²) in [5.41, 5.74) is 0. The van der Waals surface area contributed by atoms with Crippen LogP contribution in [0.1, 0.15) is 46.5 Å². The first-order chi connectivity index (χ1) is 12.8. The van der Waals surface area contributed by atoms with Gasteiger partial charge in [-0.1, -0.05) is 6.92 Å². The van der Waals surface area contributed by atoms with Crippen molar-refractivity contribution in [2.45, 2.75) is 70.7 Å². The molecule has 1 rings (SSSR count). The van der Waals surface area contributed by atoms with Gasteiger partial charge in [-0.3, -0.25) is 19.2 Å². The van der Waals surface area contributed by atoms with Crippen molar-refractivity contribution in [2.24, 2.45) is 0 Å². The number of rotatable bonds is 10. The maximum atomic E-state index is 12.9. The quantitative estimate of drug-likeness (QED) is 0.526. The molecule has 0 spiro atoms. The molecule has 1 aliphatic rings. The fourth-order valence-corrected chi connectivity index (χ4v) is 3.21. The Morgan fingerprint density at radius 3 is 2.52 bits per heavy atom. The van der Waals surface area contributed by atoms with Gasteiger partial charge in [0.2, 0.25) is 17.7 Å². The average molecular weight is 383 g/mol. The number of hydrogen-bond donors (Lipinski definition) is 1. The molecule has 4 atom stereocenters. The fourth-order valence-electron chi connectivity index (χ4n) is 3.21. The Bertz CT molecular complexity index is 567. The lowest BCUT2D eigenvalue weighted by atomic mass is 10.1. The molecule has 0 aromatic rings. The predicted molar refractivity (Wildman–Crippen MR) is 96.5 cm³/mol. The maximum absolute atomic E-state index is 12.9. The summed E-state index contributed by atoms with van der Waals surface area (Å²) in [6.07, 6.45) is 1.63. The third-order valence-corrected chi connectivity index (χ3v) is 4.69. The van der Waals surface area contributed by atoms with Crippen LogP contribution in [0.5, 0.6) is 0 Å². The van der Waals surface area contributed by atoms with E-state index in [-0.39, 0.29) is 18.2 Å². The zero-order valence-corrected chi connectivity index (χ0v) is 16.3. The van der Waals surface area contributed by atoms with Gasteiger partial charge in [0.15, 0.2) is 0 Å². The highest BCUT2D eigenvalue weighted by Gasteiger charge is 2.38. The van der Waals surface area contributed by atoms with E-state index in [1.807, 2.05) is 0 Å². The number of carbonyl (C=O) groups is 5. The molecule has 4 unspecified atom stereocenters. The lowest BCUT2D eigenvalue weighted by Crippen LogP contribution is -2.54. The number of likely N-dealkylation sites (tertiary alicyclic amines) is 1. The molecule has 1 aliphatic heterocycles. The van der Waals surface area contributed by atoms with E-state index in [9.17, 15) is 24.0 Å². The van der Waals surface area contributed by atoms with Crippen LogP contribution in [0, 0.1) is 0 Å². The Hall–Kier alpha value is -2.45. The normalized spacial score (nSPS) is 19.6. The number of aldehydes is 1. The molecule has 152 valence electrons. The molecule has 0 aliphatic carbocycles. The first-order valence-corrected chi connectivity index (χ1v) is 9.17. The van der Waals surface area contributed by atoms with Gasteiger partial charge in [-0.15, -0.1) is 0 Å². The van der Waals surface area contributed by atoms with E-state index in [0.29, 0.717) is 38.6 Å². The van der Waals surface area contributed by atoms with Crippen molar-refractivity contribution >= 4 is 30.5 Å². The lowest BCUT2D eigenvalue weighted by Gasteiger charge is -2.32. The molecule has 1 saturated heterocycles. The van der Waals surface area contributed by atoms with Crippen molar-refractivity contribution in [1.82, 2.24) is 15.1 Å². The first kappa shape index (κ1) is 22.6. The van der Waals surface area contributed by atoms with Crippen molar-refractivity contribution < 1.29 is 28.7 Å². The van der Waals surface area contributed by atoms with E-state index in [0.717, 1.165) is 0 Å². The molecule has 1 fully saturated rings. The topological polar surface area (TPSA) is 113 Å². The smallest absolute Gasteiger partial charge is 0.293 e. The summed E-state index contributed by atoms with van der Waals surface area (Å²) in [6, 6.07) is -2.01. The van der Waals surface area contributed by atoms with Crippen LogP contribution in [0.3, 0.4) is 0 Å². The predicted octanol–water partition coefficient (Wildman–Crippen LogP) is -0.130. The van der Waals surface area contributed by atoms with Gasteiger partial charge in [-0.2, -0.15) is 0 Å². The van der Waals surface area contributed by atoms with E-state index >= 15 is 0 Å². The average Bonchev–Trinajstić information content (AvgIpc) is 3.11. The Morgan fingerprint density at radius 1 is 1.30 bits per heavy atom. The summed E-state index contributed by atoms with van der Waals surface area (Å²) in [4.78, 5) is 61.7. The minimum absolute atomic E-state index is 0.000770. The van der Waals surface area contributed by atoms with Crippen LogP contribution in [-0.4, -0.2) is 78.1 Å². The molecule has 1 heterocycles. The third kappa shape index (κ3) is 6.04. The Balaban J connectivity index is 2.81. The van der Waals surface area contributed by atoms with Crippen molar-refractivity contribution in [3.8, 4) is 0 Å². The molecule has 0 aromatic carbocycles. The lowest BCUT2D eigenvalue weighted by molar-refractivity contribution is -0.148. The van der Waals surface area contributed by atoms with Crippen LogP contribution in [-0.2, 0) is 28.7 Å². The summed E-state index contributed by atoms with van der Waals surface area (Å²) in [5.74, 6) is -0.983. The van der Waals surface area contributed by atoms with Gasteiger partial charge in [-0.05, 0) is 33.1 Å². The van der Waals surface area contributed by atoms with E-state index in [1.54, 1.807) is 20.8 Å². The molecular formula is C18H29N3O6. The van der Waals surface area contributed by atoms with Crippen molar-refractivity contribution in [3.05, 3.63) is 0 Å². The van der Waals surface area contributed by atoms with Gasteiger partial charge in [0.1, 0.15) is 24.5 Å². The molecule has 1 N–H and O–H groups in total. The maximum Gasteiger partial charge on any atom is 0.293 e. The van der Waals surface area contributed by atoms with Gasteiger partial charge in [-0.25, -0.2) is 0 Å². The standard InChI is InChI=1S/C18H29N3O6/c1-5-14(17(25)19-12(2)10-22)20(4)18(26)15-7-6-8-21(15)16(24)9-13(3)27-11-23/h10-15H,5-9H2,1-4H3,(H,19,25). The number of likely N-dealkylation sites (N-methyl/N-ethyl adjacent to an activating group) is 1. The summed E-state index contributed by atoms with van der Waals surface area (Å²) in [7, 11) is 1.53. The Kier molecular flexibility index (Phi) is 8.90. The van der Waals surface area contributed by atoms with Crippen molar-refractivity contribution in [2.75, 3.05) is 13.6 Å². The van der Waals surface area contributed by atoms with E-state index in [2.05, 4.69) is 5.32 Å². The number of ether oxygens (including phenoxy) is 1. The molecule has 9 heteroatoms. The number of amides is 3. The second-order valence-electron chi connectivity index (χ2n) is 6.80. The number of nitrogens with zero attached hydrogens (tertiary/aromatic N) is 2. The number of nitrogens with one attached hydrogen (secondary N) is 1. The highest BCUT2D eigenvalue weighted by molar-refractivity contribution is 5.93. The Morgan fingerprint density at radius 2 is 1.96 bits per heavy atom. The van der Waals surface area contributed by atoms with Crippen LogP contribution in [0.2, 0.25) is 0 Å². The van der Waals surface area contributed by atoms with Gasteiger partial charge < -0.3 is 24.6 Å². The fraction of sp³-hybridized carbons (Fsp3) is 0.722. The van der Waals surface area contributed by atoms with Gasteiger partial charge >= 0.3 is 0 Å². The summed E-state index contributed by atoms with van der Waals surface area (Å²) in [6.45, 7) is 5.68. The number of hydrogen-bond acceptors (Lipinski definition) is 6. The first-order valence-electron chi connectivity index (χ1n) is 9.17. The van der Waals surface area contributed by atoms with Gasteiger partial charge in [0.05, 0.1) is 12.5 Å². The zero-order chi connectivity index (χ0) is 20.6. The van der Waals surface area contributed by atoms with Crippen LogP contribution in [0.15, 0.2) is 0 Å². The highest BCUT2D eigenvalue weighted by Crippen LogP contribution is 2.22. The van der Waals surface area contributed by atoms with Gasteiger partial charge in [0, 0.05) is 13.6 Å². The van der Waals surface area contributed by atoms with Crippen LogP contribution < -0.4 is 5.32 Å². The molecule has 3 amide bonds. The van der Waals surface area contributed by atoms with Crippen molar-refractivity contribution in [3.63, 3.8) is 0 Å². The molecule has 0 aromatic heterocycles. The SMILES string of the molecule is CCC(C(=O)NC(C)C=O)N(C)C(=O)C1CCCN1C(=O)CC(C)OC=O. The monoisotopic (exact) mass is 383 g/mol. The number of carbonyl (C=O) groups excluding carboxylic acids is 5. The minimum atomic E-state index is -0.727. The molecular weight excluding hydrogens is 354 g/mol. The zero-order valence-electron chi connectivity index (χ0n) is 16.3. The van der Waals surface area contributed by atoms with Crippen LogP contribution in [0.25, 0.3) is 0 Å². The molecule has 0 bridgehead atoms.